The van der Waals surface area contributed by atoms with Gasteiger partial charge in [0.1, 0.15) is 0 Å². The van der Waals surface area contributed by atoms with Gasteiger partial charge >= 0.3 is 5.97 Å². The molecule has 1 heterocycles. The summed E-state index contributed by atoms with van der Waals surface area (Å²) >= 11 is 0. The smallest absolute Gasteiger partial charge is 0.307 e. The summed E-state index contributed by atoms with van der Waals surface area (Å²) in [5, 5.41) is 12.3. The minimum Gasteiger partial charge on any atom is -0.481 e. The Morgan fingerprint density at radius 3 is 2.63 bits per heavy atom. The van der Waals surface area contributed by atoms with Gasteiger partial charge in [-0.3, -0.25) is 4.79 Å². The van der Waals surface area contributed by atoms with Crippen molar-refractivity contribution in [2.24, 2.45) is 0 Å². The van der Waals surface area contributed by atoms with Gasteiger partial charge in [-0.1, -0.05) is 24.3 Å². The van der Waals surface area contributed by atoms with Crippen molar-refractivity contribution in [1.29, 1.82) is 0 Å². The average molecular weight is 263 g/mol. The molecule has 0 saturated carbocycles. The number of ether oxygens (including phenoxy) is 1. The highest BCUT2D eigenvalue weighted by molar-refractivity contribution is 5.70. The van der Waals surface area contributed by atoms with Gasteiger partial charge in [-0.2, -0.15) is 0 Å². The van der Waals surface area contributed by atoms with Gasteiger partial charge in [0.2, 0.25) is 0 Å². The van der Waals surface area contributed by atoms with Crippen molar-refractivity contribution in [3.63, 3.8) is 0 Å². The quantitative estimate of drug-likeness (QED) is 0.852. The maximum absolute atomic E-state index is 10.6. The maximum Gasteiger partial charge on any atom is 0.307 e. The van der Waals surface area contributed by atoms with Crippen LogP contribution in [0.25, 0.3) is 0 Å². The standard InChI is InChI=1S/C15H21NO3/c1-15(7-2-8-19-11-15)16-10-13-5-3-12(4-6-13)9-14(17)18/h3-6,16H,2,7-11H2,1H3,(H,17,18). The Morgan fingerprint density at radius 2 is 2.05 bits per heavy atom. The van der Waals surface area contributed by atoms with E-state index in [4.69, 9.17) is 9.84 Å². The molecule has 19 heavy (non-hydrogen) atoms. The van der Waals surface area contributed by atoms with Crippen molar-refractivity contribution in [3.8, 4) is 0 Å². The van der Waals surface area contributed by atoms with Gasteiger partial charge in [0.15, 0.2) is 0 Å². The molecule has 1 saturated heterocycles. The van der Waals surface area contributed by atoms with Crippen molar-refractivity contribution >= 4 is 5.97 Å². The lowest BCUT2D eigenvalue weighted by molar-refractivity contribution is -0.136. The highest BCUT2D eigenvalue weighted by Gasteiger charge is 2.26. The molecule has 2 N–H and O–H groups in total. The number of carboxylic acids is 1. The Labute approximate surface area is 113 Å². The fourth-order valence-corrected chi connectivity index (χ4v) is 2.34. The minimum atomic E-state index is -0.794. The first-order chi connectivity index (χ1) is 9.07. The monoisotopic (exact) mass is 263 g/mol. The third-order valence-electron chi connectivity index (χ3n) is 3.54. The molecule has 1 aromatic carbocycles. The maximum atomic E-state index is 10.6. The molecular formula is C15H21NO3. The van der Waals surface area contributed by atoms with Crippen molar-refractivity contribution in [2.75, 3.05) is 13.2 Å². The van der Waals surface area contributed by atoms with Crippen molar-refractivity contribution < 1.29 is 14.6 Å². The lowest BCUT2D eigenvalue weighted by atomic mass is 9.94. The van der Waals surface area contributed by atoms with Crippen LogP contribution in [0, 0.1) is 0 Å². The lowest BCUT2D eigenvalue weighted by Crippen LogP contribution is -2.48. The molecule has 1 fully saturated rings. The number of carbonyl (C=O) groups is 1. The van der Waals surface area contributed by atoms with E-state index in [0.29, 0.717) is 0 Å². The molecule has 1 unspecified atom stereocenters. The molecule has 1 atom stereocenters. The Kier molecular flexibility index (Phi) is 4.56. The normalized spacial score (nSPS) is 23.2. The summed E-state index contributed by atoms with van der Waals surface area (Å²) in [4.78, 5) is 10.6. The van der Waals surface area contributed by atoms with Crippen LogP contribution >= 0.6 is 0 Å². The van der Waals surface area contributed by atoms with Crippen molar-refractivity contribution in [2.45, 2.75) is 38.3 Å². The molecule has 0 amide bonds. The van der Waals surface area contributed by atoms with E-state index in [0.717, 1.165) is 38.2 Å². The molecule has 1 aliphatic heterocycles. The van der Waals surface area contributed by atoms with E-state index < -0.39 is 5.97 Å². The van der Waals surface area contributed by atoms with Crippen LogP contribution in [-0.4, -0.2) is 29.8 Å². The molecule has 104 valence electrons. The second-order valence-electron chi connectivity index (χ2n) is 5.46. The Balaban J connectivity index is 1.87. The van der Waals surface area contributed by atoms with Crippen LogP contribution in [0.15, 0.2) is 24.3 Å². The van der Waals surface area contributed by atoms with Gasteiger partial charge < -0.3 is 15.2 Å². The molecule has 2 rings (SSSR count). The SMILES string of the molecule is CC1(NCc2ccc(CC(=O)O)cc2)CCCOC1. The third-order valence-corrected chi connectivity index (χ3v) is 3.54. The van der Waals surface area contributed by atoms with Crippen molar-refractivity contribution in [1.82, 2.24) is 5.32 Å². The van der Waals surface area contributed by atoms with Crippen LogP contribution in [-0.2, 0) is 22.5 Å². The molecule has 1 aromatic rings. The first-order valence-electron chi connectivity index (χ1n) is 6.70. The van der Waals surface area contributed by atoms with E-state index in [1.54, 1.807) is 0 Å². The minimum absolute atomic E-state index is 0.0536. The molecule has 1 aliphatic rings. The zero-order valence-corrected chi connectivity index (χ0v) is 11.3. The lowest BCUT2D eigenvalue weighted by Gasteiger charge is -2.34. The summed E-state index contributed by atoms with van der Waals surface area (Å²) in [5.41, 5.74) is 2.06. The van der Waals surface area contributed by atoms with Gasteiger partial charge in [-0.25, -0.2) is 0 Å². The van der Waals surface area contributed by atoms with Gasteiger partial charge in [-0.05, 0) is 30.9 Å². The first-order valence-corrected chi connectivity index (χ1v) is 6.70. The van der Waals surface area contributed by atoms with E-state index in [-0.39, 0.29) is 12.0 Å². The molecule has 0 bridgehead atoms. The molecular weight excluding hydrogens is 242 g/mol. The van der Waals surface area contributed by atoms with Crippen LogP contribution in [0.3, 0.4) is 0 Å². The first kappa shape index (κ1) is 14.0. The largest absolute Gasteiger partial charge is 0.481 e. The second kappa shape index (κ2) is 6.17. The Hall–Kier alpha value is -1.39. The van der Waals surface area contributed by atoms with Crippen LogP contribution in [0.4, 0.5) is 0 Å². The summed E-state index contributed by atoms with van der Waals surface area (Å²) in [5.74, 6) is -0.794. The summed E-state index contributed by atoms with van der Waals surface area (Å²) in [6, 6.07) is 7.73. The van der Waals surface area contributed by atoms with Gasteiger partial charge in [0.25, 0.3) is 0 Å². The van der Waals surface area contributed by atoms with Crippen LogP contribution in [0.2, 0.25) is 0 Å². The van der Waals surface area contributed by atoms with Crippen LogP contribution in [0.1, 0.15) is 30.9 Å². The van der Waals surface area contributed by atoms with Gasteiger partial charge in [0, 0.05) is 18.7 Å². The summed E-state index contributed by atoms with van der Waals surface area (Å²) in [6.07, 6.45) is 2.31. The number of hydrogen-bond donors (Lipinski definition) is 2. The molecule has 4 nitrogen and oxygen atoms in total. The van der Waals surface area contributed by atoms with Crippen LogP contribution in [0.5, 0.6) is 0 Å². The van der Waals surface area contributed by atoms with E-state index >= 15 is 0 Å². The predicted octanol–water partition coefficient (Wildman–Crippen LogP) is 1.97. The Bertz CT molecular complexity index is 422. The summed E-state index contributed by atoms with van der Waals surface area (Å²) in [6.45, 7) is 4.59. The number of hydrogen-bond acceptors (Lipinski definition) is 3. The topological polar surface area (TPSA) is 58.6 Å². The Morgan fingerprint density at radius 1 is 1.37 bits per heavy atom. The number of benzene rings is 1. The number of nitrogens with one attached hydrogen (secondary N) is 1. The van der Waals surface area contributed by atoms with E-state index in [9.17, 15) is 4.79 Å². The molecule has 0 spiro atoms. The predicted molar refractivity (Wildman–Crippen MR) is 73.1 cm³/mol. The van der Waals surface area contributed by atoms with Crippen LogP contribution < -0.4 is 5.32 Å². The number of aliphatic carboxylic acids is 1. The summed E-state index contributed by atoms with van der Waals surface area (Å²) in [7, 11) is 0. The van der Waals surface area contributed by atoms with Crippen molar-refractivity contribution in [3.05, 3.63) is 35.4 Å². The summed E-state index contributed by atoms with van der Waals surface area (Å²) < 4.78 is 5.51. The van der Waals surface area contributed by atoms with Gasteiger partial charge in [0.05, 0.1) is 13.0 Å². The van der Waals surface area contributed by atoms with E-state index in [2.05, 4.69) is 12.2 Å². The number of rotatable bonds is 5. The number of carboxylic acid groups (broad SMARTS) is 1. The zero-order valence-electron chi connectivity index (χ0n) is 11.3. The fraction of sp³-hybridized carbons (Fsp3) is 0.533. The molecule has 0 aromatic heterocycles. The molecule has 4 heteroatoms. The van der Waals surface area contributed by atoms with E-state index in [1.165, 1.54) is 5.56 Å². The molecule has 0 aliphatic carbocycles. The van der Waals surface area contributed by atoms with Gasteiger partial charge in [-0.15, -0.1) is 0 Å². The zero-order chi connectivity index (χ0) is 13.7. The third kappa shape index (κ3) is 4.33. The second-order valence-corrected chi connectivity index (χ2v) is 5.46. The highest BCUT2D eigenvalue weighted by atomic mass is 16.5. The average Bonchev–Trinajstić information content (AvgIpc) is 2.38. The fourth-order valence-electron chi connectivity index (χ4n) is 2.34. The molecule has 0 radical (unpaired) electrons. The highest BCUT2D eigenvalue weighted by Crippen LogP contribution is 2.19. The van der Waals surface area contributed by atoms with E-state index in [1.807, 2.05) is 24.3 Å².